The first-order valence-corrected chi connectivity index (χ1v) is 5.70. The van der Waals surface area contributed by atoms with Crippen molar-refractivity contribution in [2.75, 3.05) is 5.32 Å². The Bertz CT molecular complexity index is 456. The van der Waals surface area contributed by atoms with Crippen LogP contribution in [0.5, 0.6) is 0 Å². The maximum Gasteiger partial charge on any atom is 0.224 e. The van der Waals surface area contributed by atoms with E-state index >= 15 is 0 Å². The van der Waals surface area contributed by atoms with Crippen molar-refractivity contribution >= 4 is 24.2 Å². The summed E-state index contributed by atoms with van der Waals surface area (Å²) in [5, 5.41) is 2.74. The number of aliphatic imine (C=N–C) groups is 1. The molecular formula is C13H17N3O2. The van der Waals surface area contributed by atoms with Crippen molar-refractivity contribution in [2.24, 2.45) is 10.7 Å². The SMILES string of the molecule is Cc1ccc(NC(=O)CCC=O)cc1CN=CN. The average Bonchev–Trinajstić information content (AvgIpc) is 2.37. The van der Waals surface area contributed by atoms with Crippen LogP contribution in [0.4, 0.5) is 5.69 Å². The van der Waals surface area contributed by atoms with Gasteiger partial charge in [0.15, 0.2) is 0 Å². The van der Waals surface area contributed by atoms with Gasteiger partial charge in [0.05, 0.1) is 12.9 Å². The number of rotatable bonds is 6. The van der Waals surface area contributed by atoms with Crippen LogP contribution in [0.25, 0.3) is 0 Å². The summed E-state index contributed by atoms with van der Waals surface area (Å²) in [6, 6.07) is 5.60. The van der Waals surface area contributed by atoms with Crippen molar-refractivity contribution in [1.82, 2.24) is 0 Å². The van der Waals surface area contributed by atoms with Gasteiger partial charge in [-0.2, -0.15) is 0 Å². The molecule has 5 nitrogen and oxygen atoms in total. The Morgan fingerprint density at radius 2 is 2.28 bits per heavy atom. The minimum absolute atomic E-state index is 0.167. The average molecular weight is 247 g/mol. The second-order valence-corrected chi connectivity index (χ2v) is 3.88. The van der Waals surface area contributed by atoms with E-state index in [2.05, 4.69) is 10.3 Å². The van der Waals surface area contributed by atoms with Gasteiger partial charge in [0, 0.05) is 18.5 Å². The lowest BCUT2D eigenvalue weighted by molar-refractivity contribution is -0.118. The van der Waals surface area contributed by atoms with E-state index in [0.29, 0.717) is 12.2 Å². The molecule has 3 N–H and O–H groups in total. The molecule has 0 bridgehead atoms. The second-order valence-electron chi connectivity index (χ2n) is 3.88. The lowest BCUT2D eigenvalue weighted by Crippen LogP contribution is -2.11. The molecule has 0 aliphatic rings. The lowest BCUT2D eigenvalue weighted by Gasteiger charge is -2.08. The largest absolute Gasteiger partial charge is 0.390 e. The predicted molar refractivity (Wildman–Crippen MR) is 71.5 cm³/mol. The molecule has 0 radical (unpaired) electrons. The number of nitrogens with two attached hydrogens (primary N) is 1. The van der Waals surface area contributed by atoms with E-state index in [9.17, 15) is 9.59 Å². The zero-order valence-electron chi connectivity index (χ0n) is 10.3. The zero-order chi connectivity index (χ0) is 13.4. The molecule has 1 aromatic rings. The summed E-state index contributed by atoms with van der Waals surface area (Å²) in [4.78, 5) is 25.6. The van der Waals surface area contributed by atoms with E-state index < -0.39 is 0 Å². The van der Waals surface area contributed by atoms with Crippen LogP contribution in [0, 0.1) is 6.92 Å². The summed E-state index contributed by atoms with van der Waals surface area (Å²) in [6.07, 6.45) is 2.43. The van der Waals surface area contributed by atoms with Gasteiger partial charge >= 0.3 is 0 Å². The van der Waals surface area contributed by atoms with E-state index in [1.807, 2.05) is 25.1 Å². The molecule has 0 unspecified atom stereocenters. The van der Waals surface area contributed by atoms with Crippen LogP contribution in [0.15, 0.2) is 23.2 Å². The molecule has 0 fully saturated rings. The topological polar surface area (TPSA) is 84.5 Å². The molecule has 18 heavy (non-hydrogen) atoms. The van der Waals surface area contributed by atoms with Gasteiger partial charge < -0.3 is 15.8 Å². The third-order valence-electron chi connectivity index (χ3n) is 2.49. The molecule has 0 atom stereocenters. The number of aryl methyl sites for hydroxylation is 1. The molecule has 0 spiro atoms. The van der Waals surface area contributed by atoms with Crippen molar-refractivity contribution < 1.29 is 9.59 Å². The van der Waals surface area contributed by atoms with Crippen LogP contribution >= 0.6 is 0 Å². The van der Waals surface area contributed by atoms with Crippen LogP contribution < -0.4 is 11.1 Å². The fraction of sp³-hybridized carbons (Fsp3) is 0.308. The smallest absolute Gasteiger partial charge is 0.224 e. The first-order valence-electron chi connectivity index (χ1n) is 5.70. The summed E-state index contributed by atoms with van der Waals surface area (Å²) >= 11 is 0. The highest BCUT2D eigenvalue weighted by Gasteiger charge is 2.04. The Balaban J connectivity index is 2.71. The molecule has 5 heteroatoms. The molecule has 1 aromatic carbocycles. The van der Waals surface area contributed by atoms with Gasteiger partial charge in [0.2, 0.25) is 5.91 Å². The highest BCUT2D eigenvalue weighted by atomic mass is 16.1. The fourth-order valence-electron chi connectivity index (χ4n) is 1.48. The summed E-state index contributed by atoms with van der Waals surface area (Å²) in [5.41, 5.74) is 8.01. The predicted octanol–water partition coefficient (Wildman–Crippen LogP) is 1.40. The van der Waals surface area contributed by atoms with Gasteiger partial charge in [0.1, 0.15) is 6.29 Å². The third-order valence-corrected chi connectivity index (χ3v) is 2.49. The van der Waals surface area contributed by atoms with Crippen molar-refractivity contribution in [2.45, 2.75) is 26.3 Å². The van der Waals surface area contributed by atoms with Crippen LogP contribution in [0.1, 0.15) is 24.0 Å². The lowest BCUT2D eigenvalue weighted by atomic mass is 10.1. The summed E-state index contributed by atoms with van der Waals surface area (Å²) in [5.74, 6) is -0.167. The Morgan fingerprint density at radius 3 is 2.94 bits per heavy atom. The molecule has 0 saturated heterocycles. The molecular weight excluding hydrogens is 230 g/mol. The third kappa shape index (κ3) is 4.37. The van der Waals surface area contributed by atoms with Crippen LogP contribution in [-0.4, -0.2) is 18.5 Å². The Hall–Kier alpha value is -2.17. The minimum atomic E-state index is -0.167. The van der Waals surface area contributed by atoms with E-state index in [0.717, 1.165) is 17.4 Å². The van der Waals surface area contributed by atoms with Crippen molar-refractivity contribution in [1.29, 1.82) is 0 Å². The molecule has 1 rings (SSSR count). The minimum Gasteiger partial charge on any atom is -0.390 e. The van der Waals surface area contributed by atoms with Crippen molar-refractivity contribution in [3.05, 3.63) is 29.3 Å². The molecule has 96 valence electrons. The highest BCUT2D eigenvalue weighted by molar-refractivity contribution is 5.91. The molecule has 0 saturated carbocycles. The molecule has 1 amide bonds. The number of aldehydes is 1. The van der Waals surface area contributed by atoms with E-state index in [4.69, 9.17) is 5.73 Å². The van der Waals surface area contributed by atoms with Gasteiger partial charge in [-0.25, -0.2) is 0 Å². The molecule has 0 aliphatic heterocycles. The highest BCUT2D eigenvalue weighted by Crippen LogP contribution is 2.16. The van der Waals surface area contributed by atoms with Crippen LogP contribution in [-0.2, 0) is 16.1 Å². The number of nitrogens with zero attached hydrogens (tertiary/aromatic N) is 1. The number of amides is 1. The van der Waals surface area contributed by atoms with Crippen LogP contribution in [0.3, 0.4) is 0 Å². The molecule has 0 heterocycles. The number of hydrogen-bond donors (Lipinski definition) is 2. The van der Waals surface area contributed by atoms with Gasteiger partial charge in [-0.05, 0) is 30.2 Å². The van der Waals surface area contributed by atoms with Gasteiger partial charge in [-0.1, -0.05) is 6.07 Å². The van der Waals surface area contributed by atoms with E-state index in [1.165, 1.54) is 6.34 Å². The Morgan fingerprint density at radius 1 is 1.50 bits per heavy atom. The molecule has 0 aliphatic carbocycles. The fourth-order valence-corrected chi connectivity index (χ4v) is 1.48. The number of carbonyl (C=O) groups excluding carboxylic acids is 2. The van der Waals surface area contributed by atoms with Gasteiger partial charge in [0.25, 0.3) is 0 Å². The van der Waals surface area contributed by atoms with Crippen LogP contribution in [0.2, 0.25) is 0 Å². The first kappa shape index (κ1) is 13.9. The van der Waals surface area contributed by atoms with Crippen molar-refractivity contribution in [3.63, 3.8) is 0 Å². The Labute approximate surface area is 106 Å². The quantitative estimate of drug-likeness (QED) is 0.452. The standard InChI is InChI=1S/C13H17N3O2/c1-10-4-5-12(7-11(10)8-15-9-14)16-13(18)3-2-6-17/h4-7,9H,2-3,8H2,1H3,(H2,14,15)(H,16,18). The van der Waals surface area contributed by atoms with Gasteiger partial charge in [-0.15, -0.1) is 0 Å². The van der Waals surface area contributed by atoms with E-state index in [1.54, 1.807) is 0 Å². The number of nitrogens with one attached hydrogen (secondary N) is 1. The molecule has 0 aromatic heterocycles. The number of carbonyl (C=O) groups is 2. The first-order chi connectivity index (χ1) is 8.67. The zero-order valence-corrected chi connectivity index (χ0v) is 10.3. The summed E-state index contributed by atoms with van der Waals surface area (Å²) in [6.45, 7) is 2.46. The number of benzene rings is 1. The number of anilines is 1. The van der Waals surface area contributed by atoms with E-state index in [-0.39, 0.29) is 18.7 Å². The summed E-state index contributed by atoms with van der Waals surface area (Å²) < 4.78 is 0. The summed E-state index contributed by atoms with van der Waals surface area (Å²) in [7, 11) is 0. The van der Waals surface area contributed by atoms with Gasteiger partial charge in [-0.3, -0.25) is 9.79 Å². The number of hydrogen-bond acceptors (Lipinski definition) is 3. The second kappa shape index (κ2) is 7.21. The van der Waals surface area contributed by atoms with Crippen molar-refractivity contribution in [3.8, 4) is 0 Å². The maximum absolute atomic E-state index is 11.5. The Kier molecular flexibility index (Phi) is 5.57. The normalized spacial score (nSPS) is 10.5. The monoisotopic (exact) mass is 247 g/mol. The maximum atomic E-state index is 11.5.